The third kappa shape index (κ3) is 2.47. The van der Waals surface area contributed by atoms with Crippen molar-refractivity contribution in [2.24, 2.45) is 5.73 Å². The fraction of sp³-hybridized carbons (Fsp3) is 0.353. The second kappa shape index (κ2) is 5.74. The SMILES string of the molecule is CCC1c2ccccc2CCN1C(=O)c1ccc(CN)o1. The molecule has 0 fully saturated rings. The molecule has 0 radical (unpaired) electrons. The summed E-state index contributed by atoms with van der Waals surface area (Å²) in [5.74, 6) is 0.980. The molecule has 1 atom stereocenters. The van der Waals surface area contributed by atoms with E-state index in [2.05, 4.69) is 25.1 Å². The summed E-state index contributed by atoms with van der Waals surface area (Å²) in [5.41, 5.74) is 8.14. The number of nitrogens with zero attached hydrogens (tertiary/aromatic N) is 1. The Labute approximate surface area is 124 Å². The summed E-state index contributed by atoms with van der Waals surface area (Å²) in [6.07, 6.45) is 1.79. The Balaban J connectivity index is 1.90. The molecule has 2 heterocycles. The Hall–Kier alpha value is -2.07. The molecule has 4 nitrogen and oxygen atoms in total. The van der Waals surface area contributed by atoms with E-state index in [0.29, 0.717) is 18.1 Å². The Morgan fingerprint density at radius 2 is 2.14 bits per heavy atom. The maximum Gasteiger partial charge on any atom is 0.290 e. The topological polar surface area (TPSA) is 59.5 Å². The predicted octanol–water partition coefficient (Wildman–Crippen LogP) is 2.89. The standard InChI is InChI=1S/C17H20N2O2/c1-2-15-14-6-4-3-5-12(14)9-10-19(15)17(20)16-8-7-13(11-18)21-16/h3-8,15H,2,9-11,18H2,1H3. The maximum atomic E-state index is 12.7. The van der Waals surface area contributed by atoms with E-state index in [1.54, 1.807) is 12.1 Å². The minimum atomic E-state index is -0.0453. The molecular weight excluding hydrogens is 264 g/mol. The number of nitrogens with two attached hydrogens (primary N) is 1. The van der Waals surface area contributed by atoms with Gasteiger partial charge in [-0.15, -0.1) is 0 Å². The predicted molar refractivity (Wildman–Crippen MR) is 80.8 cm³/mol. The molecule has 21 heavy (non-hydrogen) atoms. The van der Waals surface area contributed by atoms with Gasteiger partial charge in [-0.25, -0.2) is 0 Å². The first-order valence-electron chi connectivity index (χ1n) is 7.42. The Bertz CT molecular complexity index is 648. The number of hydrogen-bond acceptors (Lipinski definition) is 3. The molecule has 4 heteroatoms. The van der Waals surface area contributed by atoms with E-state index in [4.69, 9.17) is 10.2 Å². The van der Waals surface area contributed by atoms with Crippen molar-refractivity contribution < 1.29 is 9.21 Å². The van der Waals surface area contributed by atoms with Gasteiger partial charge >= 0.3 is 0 Å². The number of benzene rings is 1. The van der Waals surface area contributed by atoms with E-state index >= 15 is 0 Å². The van der Waals surface area contributed by atoms with Crippen molar-refractivity contribution in [2.45, 2.75) is 32.4 Å². The summed E-state index contributed by atoms with van der Waals surface area (Å²) < 4.78 is 5.51. The molecule has 0 aliphatic carbocycles. The average Bonchev–Trinajstić information content (AvgIpc) is 3.02. The molecule has 2 aromatic rings. The molecule has 1 amide bonds. The fourth-order valence-corrected chi connectivity index (χ4v) is 3.08. The first kappa shape index (κ1) is 13.9. The van der Waals surface area contributed by atoms with Gasteiger partial charge in [0.05, 0.1) is 12.6 Å². The van der Waals surface area contributed by atoms with E-state index in [1.807, 2.05) is 11.0 Å². The van der Waals surface area contributed by atoms with E-state index in [0.717, 1.165) is 19.4 Å². The molecule has 0 saturated carbocycles. The lowest BCUT2D eigenvalue weighted by molar-refractivity contribution is 0.0621. The van der Waals surface area contributed by atoms with E-state index in [1.165, 1.54) is 11.1 Å². The van der Waals surface area contributed by atoms with Crippen LogP contribution in [0.1, 0.15) is 46.8 Å². The maximum absolute atomic E-state index is 12.7. The van der Waals surface area contributed by atoms with Gasteiger partial charge in [0.2, 0.25) is 0 Å². The van der Waals surface area contributed by atoms with Crippen molar-refractivity contribution in [3.8, 4) is 0 Å². The molecule has 0 bridgehead atoms. The molecular formula is C17H20N2O2. The molecule has 1 unspecified atom stereocenters. The first-order chi connectivity index (χ1) is 10.2. The third-order valence-electron chi connectivity index (χ3n) is 4.13. The van der Waals surface area contributed by atoms with Crippen LogP contribution in [0.3, 0.4) is 0 Å². The molecule has 2 N–H and O–H groups in total. The van der Waals surface area contributed by atoms with Gasteiger partial charge in [0.15, 0.2) is 5.76 Å². The molecule has 1 aromatic heterocycles. The largest absolute Gasteiger partial charge is 0.455 e. The van der Waals surface area contributed by atoms with Crippen molar-refractivity contribution in [3.63, 3.8) is 0 Å². The number of carbonyl (C=O) groups excluding carboxylic acids is 1. The molecule has 1 aliphatic rings. The van der Waals surface area contributed by atoms with Gasteiger partial charge in [-0.1, -0.05) is 31.2 Å². The zero-order valence-electron chi connectivity index (χ0n) is 12.2. The zero-order chi connectivity index (χ0) is 14.8. The van der Waals surface area contributed by atoms with Crippen LogP contribution >= 0.6 is 0 Å². The molecule has 1 aliphatic heterocycles. The molecule has 110 valence electrons. The quantitative estimate of drug-likeness (QED) is 0.942. The van der Waals surface area contributed by atoms with Crippen LogP contribution < -0.4 is 5.73 Å². The summed E-state index contributed by atoms with van der Waals surface area (Å²) in [6.45, 7) is 3.15. The second-order valence-corrected chi connectivity index (χ2v) is 5.34. The van der Waals surface area contributed by atoms with Crippen LogP contribution in [-0.4, -0.2) is 17.4 Å². The van der Waals surface area contributed by atoms with Crippen LogP contribution in [0, 0.1) is 0 Å². The third-order valence-corrected chi connectivity index (χ3v) is 4.13. The molecule has 1 aromatic carbocycles. The number of amides is 1. The second-order valence-electron chi connectivity index (χ2n) is 5.34. The lowest BCUT2D eigenvalue weighted by Crippen LogP contribution is -2.39. The summed E-state index contributed by atoms with van der Waals surface area (Å²) in [4.78, 5) is 14.6. The van der Waals surface area contributed by atoms with Crippen molar-refractivity contribution in [2.75, 3.05) is 6.54 Å². The lowest BCUT2D eigenvalue weighted by atomic mass is 9.91. The highest BCUT2D eigenvalue weighted by atomic mass is 16.4. The Kier molecular flexibility index (Phi) is 3.80. The molecule has 3 rings (SSSR count). The molecule has 0 saturated heterocycles. The first-order valence-corrected chi connectivity index (χ1v) is 7.42. The van der Waals surface area contributed by atoms with Crippen LogP contribution in [0.25, 0.3) is 0 Å². The van der Waals surface area contributed by atoms with Crippen LogP contribution in [0.15, 0.2) is 40.8 Å². The van der Waals surface area contributed by atoms with Gasteiger partial charge < -0.3 is 15.1 Å². The zero-order valence-corrected chi connectivity index (χ0v) is 12.2. The van der Waals surface area contributed by atoms with Gasteiger partial charge in [0.1, 0.15) is 5.76 Å². The van der Waals surface area contributed by atoms with Crippen molar-refractivity contribution in [1.82, 2.24) is 4.90 Å². The highest BCUT2D eigenvalue weighted by molar-refractivity contribution is 5.92. The summed E-state index contributed by atoms with van der Waals surface area (Å²) in [7, 11) is 0. The normalized spacial score (nSPS) is 17.6. The minimum absolute atomic E-state index is 0.0453. The van der Waals surface area contributed by atoms with E-state index in [-0.39, 0.29) is 11.9 Å². The van der Waals surface area contributed by atoms with Crippen LogP contribution in [0.4, 0.5) is 0 Å². The average molecular weight is 284 g/mol. The van der Waals surface area contributed by atoms with E-state index in [9.17, 15) is 4.79 Å². The van der Waals surface area contributed by atoms with Gasteiger partial charge in [-0.05, 0) is 36.1 Å². The fourth-order valence-electron chi connectivity index (χ4n) is 3.08. The highest BCUT2D eigenvalue weighted by Crippen LogP contribution is 2.33. The van der Waals surface area contributed by atoms with Crippen molar-refractivity contribution in [3.05, 3.63) is 59.0 Å². The number of furan rings is 1. The number of carbonyl (C=O) groups is 1. The van der Waals surface area contributed by atoms with Gasteiger partial charge in [0.25, 0.3) is 5.91 Å². The van der Waals surface area contributed by atoms with Gasteiger partial charge in [0, 0.05) is 6.54 Å². The van der Waals surface area contributed by atoms with Crippen LogP contribution in [0.5, 0.6) is 0 Å². The van der Waals surface area contributed by atoms with Crippen LogP contribution in [-0.2, 0) is 13.0 Å². The van der Waals surface area contributed by atoms with Crippen molar-refractivity contribution >= 4 is 5.91 Å². The minimum Gasteiger partial charge on any atom is -0.455 e. The summed E-state index contributed by atoms with van der Waals surface area (Å²) in [6, 6.07) is 12.0. The Morgan fingerprint density at radius 1 is 1.33 bits per heavy atom. The van der Waals surface area contributed by atoms with Gasteiger partial charge in [-0.2, -0.15) is 0 Å². The number of rotatable bonds is 3. The number of fused-ring (bicyclic) bond motifs is 1. The monoisotopic (exact) mass is 284 g/mol. The molecule has 0 spiro atoms. The van der Waals surface area contributed by atoms with Crippen LogP contribution in [0.2, 0.25) is 0 Å². The smallest absolute Gasteiger partial charge is 0.290 e. The van der Waals surface area contributed by atoms with E-state index < -0.39 is 0 Å². The van der Waals surface area contributed by atoms with Gasteiger partial charge in [-0.3, -0.25) is 4.79 Å². The Morgan fingerprint density at radius 3 is 2.86 bits per heavy atom. The summed E-state index contributed by atoms with van der Waals surface area (Å²) >= 11 is 0. The number of hydrogen-bond donors (Lipinski definition) is 1. The van der Waals surface area contributed by atoms with Crippen molar-refractivity contribution in [1.29, 1.82) is 0 Å². The lowest BCUT2D eigenvalue weighted by Gasteiger charge is -2.36. The highest BCUT2D eigenvalue weighted by Gasteiger charge is 2.31. The summed E-state index contributed by atoms with van der Waals surface area (Å²) in [5, 5.41) is 0.